The van der Waals surface area contributed by atoms with Gasteiger partial charge in [0, 0.05) is 15.6 Å². The van der Waals surface area contributed by atoms with Gasteiger partial charge in [0.2, 0.25) is 0 Å². The smallest absolute Gasteiger partial charge is 0.193 e. The van der Waals surface area contributed by atoms with E-state index >= 15 is 0 Å². The van der Waals surface area contributed by atoms with Crippen molar-refractivity contribution >= 4 is 21.7 Å². The Bertz CT molecular complexity index is 1110. The van der Waals surface area contributed by atoms with Gasteiger partial charge in [-0.2, -0.15) is 0 Å². The van der Waals surface area contributed by atoms with Crippen molar-refractivity contribution in [3.05, 3.63) is 118 Å². The summed E-state index contributed by atoms with van der Waals surface area (Å²) in [4.78, 5) is 13.3. The van der Waals surface area contributed by atoms with E-state index in [4.69, 9.17) is 0 Å². The van der Waals surface area contributed by atoms with Crippen LogP contribution in [-0.4, -0.2) is 5.78 Å². The minimum Gasteiger partial charge on any atom is -0.289 e. The summed E-state index contributed by atoms with van der Waals surface area (Å²) in [5.74, 6) is 0.0549. The van der Waals surface area contributed by atoms with Gasteiger partial charge < -0.3 is 0 Å². The molecule has 0 fully saturated rings. The lowest BCUT2D eigenvalue weighted by atomic mass is 9.87. The number of rotatable bonds is 4. The molecule has 0 atom stereocenters. The van der Waals surface area contributed by atoms with E-state index in [0.717, 1.165) is 37.9 Å². The van der Waals surface area contributed by atoms with E-state index in [1.807, 2.05) is 67.6 Å². The maximum Gasteiger partial charge on any atom is 0.193 e. The largest absolute Gasteiger partial charge is 0.289 e. The molecule has 136 valence electrons. The predicted molar refractivity (Wildman–Crippen MR) is 120 cm³/mol. The monoisotopic (exact) mass is 426 g/mol. The van der Waals surface area contributed by atoms with Crippen LogP contribution in [0.4, 0.5) is 0 Å². The first-order valence-corrected chi connectivity index (χ1v) is 9.98. The fourth-order valence-corrected chi connectivity index (χ4v) is 3.74. The summed E-state index contributed by atoms with van der Waals surface area (Å²) >= 11 is 3.50. The molecule has 2 heteroatoms. The molecule has 4 aromatic rings. The molecule has 0 amide bonds. The summed E-state index contributed by atoms with van der Waals surface area (Å²) in [5, 5.41) is 0. The topological polar surface area (TPSA) is 17.1 Å². The summed E-state index contributed by atoms with van der Waals surface area (Å²) in [6.45, 7) is 2.02. The molecule has 4 rings (SSSR count). The van der Waals surface area contributed by atoms with Crippen molar-refractivity contribution in [1.29, 1.82) is 0 Å². The highest BCUT2D eigenvalue weighted by atomic mass is 79.9. The maximum atomic E-state index is 13.3. The van der Waals surface area contributed by atoms with Gasteiger partial charge in [0.1, 0.15) is 0 Å². The lowest BCUT2D eigenvalue weighted by Crippen LogP contribution is -2.06. The number of aryl methyl sites for hydroxylation is 1. The normalized spacial score (nSPS) is 10.6. The molecule has 0 bridgehead atoms. The number of halogens is 1. The highest BCUT2D eigenvalue weighted by molar-refractivity contribution is 9.10. The van der Waals surface area contributed by atoms with E-state index in [1.165, 1.54) is 0 Å². The molecule has 0 saturated carbocycles. The predicted octanol–water partition coefficient (Wildman–Crippen LogP) is 7.32. The maximum absolute atomic E-state index is 13.3. The van der Waals surface area contributed by atoms with E-state index in [0.29, 0.717) is 5.56 Å². The molecule has 0 aliphatic carbocycles. The number of hydrogen-bond donors (Lipinski definition) is 0. The summed E-state index contributed by atoms with van der Waals surface area (Å²) in [5.41, 5.74) is 6.69. The molecule has 1 nitrogen and oxygen atoms in total. The average Bonchev–Trinajstić information content (AvgIpc) is 2.74. The minimum atomic E-state index is 0.0549. The number of ketones is 1. The van der Waals surface area contributed by atoms with Crippen LogP contribution in [0.15, 0.2) is 102 Å². The number of benzene rings is 4. The van der Waals surface area contributed by atoms with Gasteiger partial charge in [0.25, 0.3) is 0 Å². The highest BCUT2D eigenvalue weighted by Crippen LogP contribution is 2.34. The van der Waals surface area contributed by atoms with Crippen molar-refractivity contribution in [3.8, 4) is 22.3 Å². The zero-order chi connectivity index (χ0) is 19.5. The van der Waals surface area contributed by atoms with Gasteiger partial charge in [0.15, 0.2) is 5.78 Å². The van der Waals surface area contributed by atoms with E-state index in [1.54, 1.807) is 0 Å². The third kappa shape index (κ3) is 3.69. The Morgan fingerprint density at radius 3 is 1.93 bits per heavy atom. The van der Waals surface area contributed by atoms with Crippen LogP contribution in [0.3, 0.4) is 0 Å². The molecule has 0 heterocycles. The zero-order valence-electron chi connectivity index (χ0n) is 15.5. The summed E-state index contributed by atoms with van der Waals surface area (Å²) in [6, 6.07) is 32.1. The standard InChI is InChI=1S/C26H19BrO/c1-18-16-22(19-12-14-23(27)15-13-19)17-24(20-8-4-2-5-9-20)25(18)26(28)21-10-6-3-7-11-21/h2-17H,1H3. The minimum absolute atomic E-state index is 0.0549. The van der Waals surface area contributed by atoms with Gasteiger partial charge >= 0.3 is 0 Å². The number of carbonyl (C=O) groups excluding carboxylic acids is 1. The van der Waals surface area contributed by atoms with Gasteiger partial charge in [-0.15, -0.1) is 0 Å². The van der Waals surface area contributed by atoms with Crippen LogP contribution in [0.2, 0.25) is 0 Å². The van der Waals surface area contributed by atoms with Crippen molar-refractivity contribution in [2.75, 3.05) is 0 Å². The molecule has 0 aliphatic heterocycles. The van der Waals surface area contributed by atoms with E-state index < -0.39 is 0 Å². The Morgan fingerprint density at radius 2 is 1.29 bits per heavy atom. The van der Waals surface area contributed by atoms with Crippen LogP contribution in [0.5, 0.6) is 0 Å². The van der Waals surface area contributed by atoms with Crippen molar-refractivity contribution in [2.24, 2.45) is 0 Å². The van der Waals surface area contributed by atoms with Crippen molar-refractivity contribution in [2.45, 2.75) is 6.92 Å². The Labute approximate surface area is 173 Å². The van der Waals surface area contributed by atoms with Gasteiger partial charge in [-0.05, 0) is 52.9 Å². The fraction of sp³-hybridized carbons (Fsp3) is 0.0385. The summed E-state index contributed by atoms with van der Waals surface area (Å²) < 4.78 is 1.05. The molecule has 0 unspecified atom stereocenters. The number of carbonyl (C=O) groups is 1. The van der Waals surface area contributed by atoms with Crippen LogP contribution in [-0.2, 0) is 0 Å². The van der Waals surface area contributed by atoms with E-state index in [-0.39, 0.29) is 5.78 Å². The Balaban J connectivity index is 1.93. The summed E-state index contributed by atoms with van der Waals surface area (Å²) in [6.07, 6.45) is 0. The van der Waals surface area contributed by atoms with Crippen LogP contribution in [0.25, 0.3) is 22.3 Å². The molecular formula is C26H19BrO. The molecule has 0 aliphatic rings. The first-order valence-electron chi connectivity index (χ1n) is 9.19. The fourth-order valence-electron chi connectivity index (χ4n) is 3.48. The SMILES string of the molecule is Cc1cc(-c2ccc(Br)cc2)cc(-c2ccccc2)c1C(=O)c1ccccc1. The second kappa shape index (κ2) is 7.95. The van der Waals surface area contributed by atoms with Gasteiger partial charge in [-0.1, -0.05) is 94.8 Å². The van der Waals surface area contributed by atoms with Crippen LogP contribution in [0, 0.1) is 6.92 Å². The Morgan fingerprint density at radius 1 is 0.679 bits per heavy atom. The molecule has 0 radical (unpaired) electrons. The number of hydrogen-bond acceptors (Lipinski definition) is 1. The summed E-state index contributed by atoms with van der Waals surface area (Å²) in [7, 11) is 0. The molecule has 4 aromatic carbocycles. The quantitative estimate of drug-likeness (QED) is 0.312. The molecule has 0 aromatic heterocycles. The van der Waals surface area contributed by atoms with Gasteiger partial charge in [-0.25, -0.2) is 0 Å². The van der Waals surface area contributed by atoms with Crippen LogP contribution < -0.4 is 0 Å². The first kappa shape index (κ1) is 18.4. The van der Waals surface area contributed by atoms with Crippen LogP contribution >= 0.6 is 15.9 Å². The Kier molecular flexibility index (Phi) is 5.23. The average molecular weight is 427 g/mol. The molecule has 0 N–H and O–H groups in total. The Hall–Kier alpha value is -2.97. The third-order valence-electron chi connectivity index (χ3n) is 4.86. The third-order valence-corrected chi connectivity index (χ3v) is 5.39. The first-order chi connectivity index (χ1) is 13.6. The zero-order valence-corrected chi connectivity index (χ0v) is 17.1. The lowest BCUT2D eigenvalue weighted by molar-refractivity contribution is 0.103. The molecule has 28 heavy (non-hydrogen) atoms. The second-order valence-electron chi connectivity index (χ2n) is 6.78. The van der Waals surface area contributed by atoms with Crippen molar-refractivity contribution < 1.29 is 4.79 Å². The van der Waals surface area contributed by atoms with E-state index in [9.17, 15) is 4.79 Å². The van der Waals surface area contributed by atoms with Crippen molar-refractivity contribution in [1.82, 2.24) is 0 Å². The molecular weight excluding hydrogens is 408 g/mol. The van der Waals surface area contributed by atoms with Crippen LogP contribution in [0.1, 0.15) is 21.5 Å². The van der Waals surface area contributed by atoms with E-state index in [2.05, 4.69) is 52.3 Å². The van der Waals surface area contributed by atoms with Crippen molar-refractivity contribution in [3.63, 3.8) is 0 Å². The van der Waals surface area contributed by atoms with Gasteiger partial charge in [-0.3, -0.25) is 4.79 Å². The van der Waals surface area contributed by atoms with Gasteiger partial charge in [0.05, 0.1) is 0 Å². The molecule has 0 spiro atoms. The second-order valence-corrected chi connectivity index (χ2v) is 7.70. The molecule has 0 saturated heterocycles. The highest BCUT2D eigenvalue weighted by Gasteiger charge is 2.19. The lowest BCUT2D eigenvalue weighted by Gasteiger charge is -2.15.